The molecule has 0 saturated carbocycles. The first-order valence-corrected chi connectivity index (χ1v) is 1.76. The first-order valence-electron chi connectivity index (χ1n) is 1.76. The molecule has 0 aliphatic rings. The van der Waals surface area contributed by atoms with E-state index in [9.17, 15) is 5.11 Å². The van der Waals surface area contributed by atoms with Gasteiger partial charge in [-0.25, -0.2) is 0 Å². The Balaban J connectivity index is 3.82. The summed E-state index contributed by atoms with van der Waals surface area (Å²) >= 11 is 0. The average molecular weight is 114 g/mol. The zero-order valence-electron chi connectivity index (χ0n) is 3.98. The topological polar surface area (TPSA) is 92.0 Å². The van der Waals surface area contributed by atoms with Crippen LogP contribution in [0.1, 0.15) is 0 Å². The van der Waals surface area contributed by atoms with Crippen molar-refractivity contribution >= 4 is 0 Å². The van der Waals surface area contributed by atoms with Gasteiger partial charge in [-0.1, -0.05) is 5.11 Å². The number of nitrogens with zero attached hydrogens (tertiary/aromatic N) is 3. The van der Waals surface area contributed by atoms with Gasteiger partial charge < -0.3 is 10.2 Å². The molecule has 8 heavy (non-hydrogen) atoms. The molecule has 0 aromatic heterocycles. The minimum Gasteiger partial charge on any atom is -0.874 e. The third-order valence-electron chi connectivity index (χ3n) is 0.449. The monoisotopic (exact) mass is 114 g/mol. The Bertz CT molecular complexity index is 135. The van der Waals surface area contributed by atoms with Gasteiger partial charge in [0.1, 0.15) is 6.23 Å². The van der Waals surface area contributed by atoms with Crippen LogP contribution in [0.15, 0.2) is 17.5 Å². The van der Waals surface area contributed by atoms with Crippen LogP contribution in [-0.2, 0) is 0 Å². The lowest BCUT2D eigenvalue weighted by Crippen LogP contribution is -2.16. The molecule has 0 heterocycles. The molecule has 5 heteroatoms. The molecule has 0 fully saturated rings. The molecule has 1 N–H and O–H groups in total. The predicted molar refractivity (Wildman–Crippen MR) is 24.3 cm³/mol. The average Bonchev–Trinajstić information content (AvgIpc) is 1.67. The maximum atomic E-state index is 9.91. The van der Waals surface area contributed by atoms with E-state index in [4.69, 9.17) is 10.6 Å². The van der Waals surface area contributed by atoms with Gasteiger partial charge in [-0.3, -0.25) is 0 Å². The molecule has 0 bridgehead atoms. The van der Waals surface area contributed by atoms with Crippen molar-refractivity contribution in [2.24, 2.45) is 5.11 Å². The number of rotatable bonds is 2. The molecular formula is C3H4N3O2-. The van der Waals surface area contributed by atoms with Crippen LogP contribution in [-0.4, -0.2) is 11.3 Å². The maximum Gasteiger partial charge on any atom is 0.143 e. The van der Waals surface area contributed by atoms with Gasteiger partial charge in [-0.05, 0) is 5.53 Å². The fraction of sp³-hybridized carbons (Fsp3) is 0.333. The van der Waals surface area contributed by atoms with E-state index in [2.05, 4.69) is 16.6 Å². The summed E-state index contributed by atoms with van der Waals surface area (Å²) in [6.45, 7) is 2.80. The summed E-state index contributed by atoms with van der Waals surface area (Å²) in [6.07, 6.45) is -1.62. The van der Waals surface area contributed by atoms with Crippen LogP contribution in [0.2, 0.25) is 0 Å². The molecule has 0 aliphatic heterocycles. The van der Waals surface area contributed by atoms with Gasteiger partial charge in [0.15, 0.2) is 0 Å². The van der Waals surface area contributed by atoms with Crippen molar-refractivity contribution in [3.05, 3.63) is 22.8 Å². The highest BCUT2D eigenvalue weighted by molar-refractivity contribution is 4.84. The van der Waals surface area contributed by atoms with Crippen LogP contribution < -0.4 is 5.11 Å². The Morgan fingerprint density at radius 2 is 2.50 bits per heavy atom. The molecule has 1 atom stereocenters. The fourth-order valence-electron chi connectivity index (χ4n) is 0.113. The highest BCUT2D eigenvalue weighted by Crippen LogP contribution is 1.90. The summed E-state index contributed by atoms with van der Waals surface area (Å²) < 4.78 is 0. The summed E-state index contributed by atoms with van der Waals surface area (Å²) in [5, 5.41) is 20.8. The minimum atomic E-state index is -1.62. The highest BCUT2D eigenvalue weighted by atomic mass is 16.3. The predicted octanol–water partition coefficient (Wildman–Crippen LogP) is -0.511. The minimum absolute atomic E-state index is 0.803. The molecule has 0 aromatic carbocycles. The second kappa shape index (κ2) is 2.90. The van der Waals surface area contributed by atoms with E-state index < -0.39 is 12.0 Å². The van der Waals surface area contributed by atoms with Crippen LogP contribution in [0.4, 0.5) is 0 Å². The second-order valence-corrected chi connectivity index (χ2v) is 1.04. The molecule has 0 saturated heterocycles. The van der Waals surface area contributed by atoms with Crippen LogP contribution in [0, 0.1) is 0 Å². The van der Waals surface area contributed by atoms with Crippen molar-refractivity contribution in [2.75, 3.05) is 0 Å². The van der Waals surface area contributed by atoms with Crippen molar-refractivity contribution in [3.63, 3.8) is 0 Å². The van der Waals surface area contributed by atoms with Gasteiger partial charge in [-0.2, -0.15) is 0 Å². The molecule has 0 rings (SSSR count). The zero-order valence-corrected chi connectivity index (χ0v) is 3.98. The molecule has 1 unspecified atom stereocenters. The van der Waals surface area contributed by atoms with Crippen LogP contribution in [0.5, 0.6) is 0 Å². The van der Waals surface area contributed by atoms with Gasteiger partial charge in [0.05, 0.1) is 0 Å². The first-order chi connectivity index (χ1) is 3.68. The van der Waals surface area contributed by atoms with E-state index in [0.29, 0.717) is 0 Å². The lowest BCUT2D eigenvalue weighted by Gasteiger charge is -2.09. The second-order valence-electron chi connectivity index (χ2n) is 1.04. The Morgan fingerprint density at radius 1 is 2.00 bits per heavy atom. The summed E-state index contributed by atoms with van der Waals surface area (Å²) in [5.74, 6) is -0.803. The van der Waals surface area contributed by atoms with E-state index in [-0.39, 0.29) is 0 Å². The number of hydrogen-bond donors (Lipinski definition) is 1. The lowest BCUT2D eigenvalue weighted by atomic mass is 10.5. The zero-order chi connectivity index (χ0) is 6.57. The van der Waals surface area contributed by atoms with Crippen molar-refractivity contribution in [1.82, 2.24) is 0 Å². The maximum absolute atomic E-state index is 9.91. The van der Waals surface area contributed by atoms with Gasteiger partial charge in [0.2, 0.25) is 0 Å². The lowest BCUT2D eigenvalue weighted by molar-refractivity contribution is -0.318. The molecule has 0 aromatic rings. The smallest absolute Gasteiger partial charge is 0.143 e. The summed E-state index contributed by atoms with van der Waals surface area (Å²) in [7, 11) is 0. The molecule has 5 nitrogen and oxygen atoms in total. The van der Waals surface area contributed by atoms with E-state index >= 15 is 0 Å². The Hall–Kier alpha value is -1.19. The third kappa shape index (κ3) is 2.07. The van der Waals surface area contributed by atoms with E-state index in [1.165, 1.54) is 0 Å². The van der Waals surface area contributed by atoms with Crippen molar-refractivity contribution in [2.45, 2.75) is 6.23 Å². The van der Waals surface area contributed by atoms with Crippen LogP contribution in [0.25, 0.3) is 10.4 Å². The molecule has 0 amide bonds. The molecule has 0 radical (unpaired) electrons. The quantitative estimate of drug-likeness (QED) is 0.226. The van der Waals surface area contributed by atoms with Crippen molar-refractivity contribution < 1.29 is 10.2 Å². The molecular weight excluding hydrogens is 110 g/mol. The van der Waals surface area contributed by atoms with Crippen LogP contribution in [0.3, 0.4) is 0 Å². The molecule has 0 aliphatic carbocycles. The van der Waals surface area contributed by atoms with Gasteiger partial charge in [0.25, 0.3) is 0 Å². The Labute approximate surface area is 45.5 Å². The summed E-state index contributed by atoms with van der Waals surface area (Å²) in [5.41, 5.74) is 7.60. The Morgan fingerprint density at radius 3 is 2.62 bits per heavy atom. The van der Waals surface area contributed by atoms with E-state index in [1.807, 2.05) is 0 Å². The Kier molecular flexibility index (Phi) is 2.47. The van der Waals surface area contributed by atoms with E-state index in [0.717, 1.165) is 0 Å². The summed E-state index contributed by atoms with van der Waals surface area (Å²) in [6, 6.07) is 0. The highest BCUT2D eigenvalue weighted by Gasteiger charge is 1.90. The number of aliphatic hydroxyl groups excluding tert-OH is 1. The first kappa shape index (κ1) is 6.81. The standard InChI is InChI=1S/C3H5N3O2/c1-2(7)3(8)5-6-4/h3,7-8H,1H2/p-1. The molecule has 44 valence electrons. The molecule has 0 spiro atoms. The van der Waals surface area contributed by atoms with Crippen LogP contribution >= 0.6 is 0 Å². The SMILES string of the molecule is C=C([O-])C(O)N=[N+]=[N-]. The normalized spacial score (nSPS) is 11.6. The van der Waals surface area contributed by atoms with E-state index in [1.54, 1.807) is 0 Å². The van der Waals surface area contributed by atoms with Gasteiger partial charge in [-0.15, -0.1) is 12.3 Å². The van der Waals surface area contributed by atoms with Crippen molar-refractivity contribution in [1.29, 1.82) is 0 Å². The number of azide groups is 1. The van der Waals surface area contributed by atoms with Crippen molar-refractivity contribution in [3.8, 4) is 0 Å². The number of aliphatic hydroxyl groups is 1. The third-order valence-corrected chi connectivity index (χ3v) is 0.449. The van der Waals surface area contributed by atoms with Gasteiger partial charge in [0, 0.05) is 4.91 Å². The largest absolute Gasteiger partial charge is 0.874 e. The number of hydrogen-bond acceptors (Lipinski definition) is 3. The summed E-state index contributed by atoms with van der Waals surface area (Å²) in [4.78, 5) is 2.17. The fourth-order valence-corrected chi connectivity index (χ4v) is 0.113. The van der Waals surface area contributed by atoms with Gasteiger partial charge >= 0.3 is 0 Å².